The molecule has 2 aromatic carbocycles. The van der Waals surface area contributed by atoms with Crippen LogP contribution in [0.15, 0.2) is 77.7 Å². The summed E-state index contributed by atoms with van der Waals surface area (Å²) in [6, 6.07) is 19.4. The molecule has 5 aromatic rings. The Hall–Kier alpha value is -6.22. The van der Waals surface area contributed by atoms with E-state index in [1.165, 1.54) is 11.9 Å². The topological polar surface area (TPSA) is 175 Å². The number of piperazine rings is 1. The Bertz CT molecular complexity index is 2280. The van der Waals surface area contributed by atoms with Gasteiger partial charge < -0.3 is 20.1 Å². The van der Waals surface area contributed by atoms with Gasteiger partial charge in [-0.25, -0.2) is 19.7 Å². The molecule has 2 aliphatic rings. The smallest absolute Gasteiger partial charge is 0.328 e. The molecular formula is C43H51N11O4. The molecule has 4 amide bonds. The van der Waals surface area contributed by atoms with Crippen LogP contribution in [0.25, 0.3) is 11.3 Å². The van der Waals surface area contributed by atoms with Gasteiger partial charge in [-0.15, -0.1) is 0 Å². The minimum atomic E-state index is -0.418. The molecule has 0 aliphatic carbocycles. The molecule has 0 saturated carbocycles. The molecule has 2 fully saturated rings. The molecule has 1 atom stereocenters. The summed E-state index contributed by atoms with van der Waals surface area (Å²) in [5.74, 6) is 1.08. The van der Waals surface area contributed by atoms with E-state index >= 15 is 0 Å². The molecule has 3 N–H and O–H groups in total. The van der Waals surface area contributed by atoms with Crippen molar-refractivity contribution in [2.45, 2.75) is 78.3 Å². The maximum Gasteiger partial charge on any atom is 0.328 e. The lowest BCUT2D eigenvalue weighted by atomic mass is 9.96. The predicted molar refractivity (Wildman–Crippen MR) is 222 cm³/mol. The number of amides is 4. The summed E-state index contributed by atoms with van der Waals surface area (Å²) in [7, 11) is 0. The summed E-state index contributed by atoms with van der Waals surface area (Å²) < 4.78 is 5.22. The zero-order valence-electron chi connectivity index (χ0n) is 34.2. The summed E-state index contributed by atoms with van der Waals surface area (Å²) in [4.78, 5) is 61.1. The fourth-order valence-corrected chi connectivity index (χ4v) is 7.48. The first-order valence-electron chi connectivity index (χ1n) is 19.6. The van der Waals surface area contributed by atoms with Crippen LogP contribution < -0.4 is 25.8 Å². The number of carbonyl (C=O) groups excluding carboxylic acids is 3. The first-order chi connectivity index (χ1) is 27.6. The van der Waals surface area contributed by atoms with Crippen molar-refractivity contribution in [3.8, 4) is 11.3 Å². The second kappa shape index (κ2) is 16.3. The van der Waals surface area contributed by atoms with Crippen molar-refractivity contribution in [2.24, 2.45) is 0 Å². The van der Waals surface area contributed by atoms with E-state index in [9.17, 15) is 14.4 Å². The molecule has 0 spiro atoms. The van der Waals surface area contributed by atoms with Gasteiger partial charge in [0.15, 0.2) is 5.82 Å². The molecule has 302 valence electrons. The minimum absolute atomic E-state index is 0.0559. The third kappa shape index (κ3) is 9.15. The number of rotatable bonds is 11. The Labute approximate surface area is 338 Å². The number of benzene rings is 2. The van der Waals surface area contributed by atoms with Crippen LogP contribution in [-0.2, 0) is 16.6 Å². The summed E-state index contributed by atoms with van der Waals surface area (Å²) in [6.45, 7) is 18.4. The van der Waals surface area contributed by atoms with E-state index in [0.29, 0.717) is 30.4 Å². The van der Waals surface area contributed by atoms with Crippen LogP contribution in [0, 0.1) is 6.92 Å². The van der Waals surface area contributed by atoms with Crippen LogP contribution >= 0.6 is 0 Å². The van der Waals surface area contributed by atoms with Crippen LogP contribution in [0.1, 0.15) is 87.2 Å². The molecule has 2 saturated heterocycles. The average Bonchev–Trinajstić information content (AvgIpc) is 3.70. The fraction of sp³-hybridized carbons (Fsp3) is 0.395. The number of carbonyl (C=O) groups is 3. The second-order valence-corrected chi connectivity index (χ2v) is 16.7. The lowest BCUT2D eigenvalue weighted by Crippen LogP contribution is -2.59. The summed E-state index contributed by atoms with van der Waals surface area (Å²) in [5.41, 5.74) is 6.26. The molecule has 7 rings (SSSR count). The van der Waals surface area contributed by atoms with Crippen LogP contribution in [-0.4, -0.2) is 86.1 Å². The van der Waals surface area contributed by atoms with E-state index in [1.807, 2.05) is 83.3 Å². The van der Waals surface area contributed by atoms with Gasteiger partial charge in [0.2, 0.25) is 5.91 Å². The Balaban J connectivity index is 0.918. The van der Waals surface area contributed by atoms with Crippen molar-refractivity contribution < 1.29 is 18.9 Å². The highest BCUT2D eigenvalue weighted by Gasteiger charge is 2.34. The summed E-state index contributed by atoms with van der Waals surface area (Å²) >= 11 is 0. The molecule has 0 radical (unpaired) electrons. The van der Waals surface area contributed by atoms with Gasteiger partial charge in [0.05, 0.1) is 23.6 Å². The van der Waals surface area contributed by atoms with Gasteiger partial charge >= 0.3 is 17.8 Å². The van der Waals surface area contributed by atoms with Gasteiger partial charge in [0, 0.05) is 67.4 Å². The first kappa shape index (κ1) is 40.0. The lowest BCUT2D eigenvalue weighted by Gasteiger charge is -2.48. The van der Waals surface area contributed by atoms with Crippen LogP contribution in [0.5, 0.6) is 0 Å². The number of nitrogens with one attached hydrogen (secondary N) is 3. The van der Waals surface area contributed by atoms with Crippen molar-refractivity contribution in [3.63, 3.8) is 0 Å². The number of aromatic nitrogens is 5. The third-order valence-electron chi connectivity index (χ3n) is 10.7. The highest BCUT2D eigenvalue weighted by Crippen LogP contribution is 2.30. The van der Waals surface area contributed by atoms with E-state index in [2.05, 4.69) is 77.9 Å². The average molecular weight is 786 g/mol. The maximum atomic E-state index is 12.9. The summed E-state index contributed by atoms with van der Waals surface area (Å²) in [5, 5.41) is 12.6. The van der Waals surface area contributed by atoms with Gasteiger partial charge in [0.25, 0.3) is 0 Å². The molecule has 15 heteroatoms. The zero-order chi connectivity index (χ0) is 41.2. The molecular weight excluding hydrogens is 735 g/mol. The molecule has 5 heterocycles. The molecule has 3 aromatic heterocycles. The zero-order valence-corrected chi connectivity index (χ0v) is 34.2. The minimum Gasteiger partial charge on any atom is -0.363 e. The van der Waals surface area contributed by atoms with Gasteiger partial charge in [-0.1, -0.05) is 50.2 Å². The number of hydrogen-bond acceptors (Lipinski definition) is 12. The number of imide groups is 1. The standard InChI is InChI=1S/C43H51N11O4/c1-27-22-30(10-14-33(27)28(2)47-38(56)39-50-40(51-58-39)42(3,4)5)34-23-36(46-26-45-34)48-35-15-13-32(24-44-35)54-21-20-52(25-43(54,6)7)18-16-29-8-11-31(12-9-29)53-19-17-37(55)49-41(53)57/h8-15,22-24,26,28H,16-21,25H2,1-7H3,(H,47,56)(H,49,55,57)(H,44,45,46,48). The molecule has 58 heavy (non-hydrogen) atoms. The number of aryl methyl sites for hydroxylation is 1. The lowest BCUT2D eigenvalue weighted by molar-refractivity contribution is -0.120. The van der Waals surface area contributed by atoms with Crippen LogP contribution in [0.3, 0.4) is 0 Å². The third-order valence-corrected chi connectivity index (χ3v) is 10.7. The Kier molecular flexibility index (Phi) is 11.3. The number of pyridine rings is 1. The quantitative estimate of drug-likeness (QED) is 0.136. The molecule has 1 unspecified atom stereocenters. The van der Waals surface area contributed by atoms with Crippen molar-refractivity contribution in [3.05, 3.63) is 102 Å². The number of anilines is 4. The Morgan fingerprint density at radius 3 is 2.40 bits per heavy atom. The number of nitrogens with zero attached hydrogens (tertiary/aromatic N) is 8. The fourth-order valence-electron chi connectivity index (χ4n) is 7.48. The molecule has 2 aliphatic heterocycles. The van der Waals surface area contributed by atoms with Gasteiger partial charge in [-0.05, 0) is 81.1 Å². The van der Waals surface area contributed by atoms with Crippen LogP contribution in [0.4, 0.5) is 27.8 Å². The second-order valence-electron chi connectivity index (χ2n) is 16.7. The van der Waals surface area contributed by atoms with Crippen molar-refractivity contribution in [1.82, 2.24) is 40.6 Å². The Morgan fingerprint density at radius 1 is 0.948 bits per heavy atom. The van der Waals surface area contributed by atoms with E-state index in [-0.39, 0.29) is 34.8 Å². The van der Waals surface area contributed by atoms with Crippen molar-refractivity contribution >= 4 is 40.9 Å². The van der Waals surface area contributed by atoms with Gasteiger partial charge in [-0.3, -0.25) is 24.7 Å². The number of hydrogen-bond donors (Lipinski definition) is 3. The monoisotopic (exact) mass is 785 g/mol. The first-order valence-corrected chi connectivity index (χ1v) is 19.6. The predicted octanol–water partition coefficient (Wildman–Crippen LogP) is 6.35. The largest absolute Gasteiger partial charge is 0.363 e. The van der Waals surface area contributed by atoms with Gasteiger partial charge in [-0.2, -0.15) is 4.98 Å². The maximum absolute atomic E-state index is 12.9. The van der Waals surface area contributed by atoms with Crippen LogP contribution in [0.2, 0.25) is 0 Å². The highest BCUT2D eigenvalue weighted by molar-refractivity contribution is 6.05. The van der Waals surface area contributed by atoms with Gasteiger partial charge in [0.1, 0.15) is 18.0 Å². The van der Waals surface area contributed by atoms with E-state index < -0.39 is 5.91 Å². The van der Waals surface area contributed by atoms with E-state index in [0.717, 1.165) is 66.4 Å². The van der Waals surface area contributed by atoms with E-state index in [1.54, 1.807) is 4.90 Å². The summed E-state index contributed by atoms with van der Waals surface area (Å²) in [6.07, 6.45) is 4.65. The highest BCUT2D eigenvalue weighted by atomic mass is 16.5. The molecule has 15 nitrogen and oxygen atoms in total. The molecule has 0 bridgehead atoms. The Morgan fingerprint density at radius 2 is 1.72 bits per heavy atom. The number of urea groups is 1. The SMILES string of the molecule is Cc1cc(-c2cc(Nc3ccc(N4CCN(CCc5ccc(N6CCC(=O)NC6=O)cc5)CC4(C)C)cn3)ncn2)ccc1C(C)NC(=O)c1nc(C(C)(C)C)no1. The van der Waals surface area contributed by atoms with Crippen molar-refractivity contribution in [1.29, 1.82) is 0 Å². The van der Waals surface area contributed by atoms with E-state index in [4.69, 9.17) is 9.51 Å². The normalized spacial score (nSPS) is 16.5. The van der Waals surface area contributed by atoms with Crippen molar-refractivity contribution in [2.75, 3.05) is 47.8 Å².